The Kier molecular flexibility index (Phi) is 5.05. The van der Waals surface area contributed by atoms with Crippen LogP contribution in [0.3, 0.4) is 0 Å². The molecule has 0 atom stereocenters. The van der Waals surface area contributed by atoms with Crippen LogP contribution in [0.1, 0.15) is 11.3 Å². The van der Waals surface area contributed by atoms with Crippen molar-refractivity contribution in [2.24, 2.45) is 5.10 Å². The molecule has 0 saturated carbocycles. The fourth-order valence-corrected chi connectivity index (χ4v) is 2.47. The van der Waals surface area contributed by atoms with Gasteiger partial charge in [-0.25, -0.2) is 4.98 Å². The van der Waals surface area contributed by atoms with E-state index in [1.807, 2.05) is 37.3 Å². The number of nitrogens with zero attached hydrogens (tertiary/aromatic N) is 4. The van der Waals surface area contributed by atoms with E-state index in [2.05, 4.69) is 25.4 Å². The van der Waals surface area contributed by atoms with E-state index in [0.29, 0.717) is 30.0 Å². The predicted octanol–water partition coefficient (Wildman–Crippen LogP) is 2.72. The number of hydrazone groups is 1. The van der Waals surface area contributed by atoms with Crippen molar-refractivity contribution >= 4 is 29.6 Å². The SMILES string of the molecule is Cc1cc(NN=Cc2cccc(Cl)c2)nc(N2CCOCC2)n1. The van der Waals surface area contributed by atoms with Crippen LogP contribution in [0.2, 0.25) is 5.02 Å². The lowest BCUT2D eigenvalue weighted by Crippen LogP contribution is -2.37. The number of morpholine rings is 1. The molecule has 1 saturated heterocycles. The molecular formula is C16H18ClN5O. The molecule has 0 bridgehead atoms. The number of ether oxygens (including phenoxy) is 1. The maximum Gasteiger partial charge on any atom is 0.227 e. The summed E-state index contributed by atoms with van der Waals surface area (Å²) in [6.45, 7) is 4.95. The average Bonchev–Trinajstić information content (AvgIpc) is 2.55. The number of halogens is 1. The molecule has 0 radical (unpaired) electrons. The fourth-order valence-electron chi connectivity index (χ4n) is 2.27. The fraction of sp³-hybridized carbons (Fsp3) is 0.312. The summed E-state index contributed by atoms with van der Waals surface area (Å²) in [6.07, 6.45) is 1.71. The lowest BCUT2D eigenvalue weighted by atomic mass is 10.2. The molecule has 1 fully saturated rings. The molecule has 1 aliphatic heterocycles. The van der Waals surface area contributed by atoms with Gasteiger partial charge in [-0.15, -0.1) is 0 Å². The second-order valence-corrected chi connectivity index (χ2v) is 5.66. The number of aromatic nitrogens is 2. The number of hydrogen-bond acceptors (Lipinski definition) is 6. The predicted molar refractivity (Wildman–Crippen MR) is 92.5 cm³/mol. The molecule has 0 spiro atoms. The number of rotatable bonds is 4. The zero-order valence-electron chi connectivity index (χ0n) is 12.9. The molecule has 1 aliphatic rings. The highest BCUT2D eigenvalue weighted by molar-refractivity contribution is 6.30. The van der Waals surface area contributed by atoms with E-state index in [-0.39, 0.29) is 0 Å². The summed E-state index contributed by atoms with van der Waals surface area (Å²) in [6, 6.07) is 9.35. The molecular weight excluding hydrogens is 314 g/mol. The third-order valence-corrected chi connectivity index (χ3v) is 3.61. The van der Waals surface area contributed by atoms with Gasteiger partial charge in [-0.1, -0.05) is 23.7 Å². The molecule has 0 aliphatic carbocycles. The summed E-state index contributed by atoms with van der Waals surface area (Å²) in [4.78, 5) is 11.1. The van der Waals surface area contributed by atoms with Gasteiger partial charge < -0.3 is 9.64 Å². The molecule has 1 N–H and O–H groups in total. The lowest BCUT2D eigenvalue weighted by Gasteiger charge is -2.27. The van der Waals surface area contributed by atoms with Gasteiger partial charge in [-0.2, -0.15) is 10.1 Å². The molecule has 6 nitrogen and oxygen atoms in total. The van der Waals surface area contributed by atoms with Gasteiger partial charge in [0.05, 0.1) is 19.4 Å². The molecule has 120 valence electrons. The topological polar surface area (TPSA) is 62.6 Å². The van der Waals surface area contributed by atoms with E-state index < -0.39 is 0 Å². The number of benzene rings is 1. The van der Waals surface area contributed by atoms with Crippen molar-refractivity contribution in [2.45, 2.75) is 6.92 Å². The zero-order valence-corrected chi connectivity index (χ0v) is 13.6. The van der Waals surface area contributed by atoms with E-state index in [0.717, 1.165) is 24.3 Å². The van der Waals surface area contributed by atoms with E-state index >= 15 is 0 Å². The van der Waals surface area contributed by atoms with Crippen LogP contribution in [-0.2, 0) is 4.74 Å². The summed E-state index contributed by atoms with van der Waals surface area (Å²) in [5.74, 6) is 1.37. The van der Waals surface area contributed by atoms with E-state index in [1.54, 1.807) is 6.21 Å². The molecule has 1 aromatic carbocycles. The molecule has 1 aromatic heterocycles. The second-order valence-electron chi connectivity index (χ2n) is 5.22. The Morgan fingerprint density at radius 1 is 1.26 bits per heavy atom. The summed E-state index contributed by atoms with van der Waals surface area (Å²) >= 11 is 5.95. The molecule has 2 aromatic rings. The third-order valence-electron chi connectivity index (χ3n) is 3.38. The first-order valence-corrected chi connectivity index (χ1v) is 7.81. The van der Waals surface area contributed by atoms with Gasteiger partial charge in [0, 0.05) is 29.9 Å². The molecule has 7 heteroatoms. The van der Waals surface area contributed by atoms with Crippen LogP contribution in [0.5, 0.6) is 0 Å². The second kappa shape index (κ2) is 7.39. The van der Waals surface area contributed by atoms with Crippen molar-refractivity contribution in [3.63, 3.8) is 0 Å². The number of nitrogens with one attached hydrogen (secondary N) is 1. The van der Waals surface area contributed by atoms with Gasteiger partial charge >= 0.3 is 0 Å². The van der Waals surface area contributed by atoms with Crippen molar-refractivity contribution < 1.29 is 4.74 Å². The molecule has 0 amide bonds. The quantitative estimate of drug-likeness (QED) is 0.689. The van der Waals surface area contributed by atoms with Crippen LogP contribution in [0.4, 0.5) is 11.8 Å². The Labute approximate surface area is 140 Å². The monoisotopic (exact) mass is 331 g/mol. The van der Waals surface area contributed by atoms with Gasteiger partial charge in [-0.05, 0) is 24.6 Å². The van der Waals surface area contributed by atoms with Gasteiger partial charge in [-0.3, -0.25) is 5.43 Å². The number of aryl methyl sites for hydroxylation is 1. The normalized spacial score (nSPS) is 15.1. The Morgan fingerprint density at radius 2 is 2.09 bits per heavy atom. The Bertz CT molecular complexity index is 701. The van der Waals surface area contributed by atoms with Crippen LogP contribution in [0, 0.1) is 6.92 Å². The summed E-state index contributed by atoms with van der Waals surface area (Å²) in [7, 11) is 0. The summed E-state index contributed by atoms with van der Waals surface area (Å²) in [5, 5.41) is 4.90. The van der Waals surface area contributed by atoms with Crippen molar-refractivity contribution in [1.29, 1.82) is 0 Å². The highest BCUT2D eigenvalue weighted by atomic mass is 35.5. The first kappa shape index (κ1) is 15.7. The minimum atomic E-state index is 0.664. The van der Waals surface area contributed by atoms with Gasteiger partial charge in [0.15, 0.2) is 5.82 Å². The van der Waals surface area contributed by atoms with Crippen LogP contribution in [0.25, 0.3) is 0 Å². The smallest absolute Gasteiger partial charge is 0.227 e. The van der Waals surface area contributed by atoms with Gasteiger partial charge in [0.25, 0.3) is 0 Å². The zero-order chi connectivity index (χ0) is 16.1. The third kappa shape index (κ3) is 4.40. The van der Waals surface area contributed by atoms with Crippen molar-refractivity contribution in [2.75, 3.05) is 36.6 Å². The van der Waals surface area contributed by atoms with Crippen LogP contribution >= 0.6 is 11.6 Å². The van der Waals surface area contributed by atoms with E-state index in [9.17, 15) is 0 Å². The highest BCUT2D eigenvalue weighted by Crippen LogP contribution is 2.15. The summed E-state index contributed by atoms with van der Waals surface area (Å²) in [5.41, 5.74) is 4.76. The minimum absolute atomic E-state index is 0.664. The molecule has 23 heavy (non-hydrogen) atoms. The molecule has 2 heterocycles. The maximum atomic E-state index is 5.95. The number of anilines is 2. The largest absolute Gasteiger partial charge is 0.378 e. The minimum Gasteiger partial charge on any atom is -0.378 e. The molecule has 3 rings (SSSR count). The Balaban J connectivity index is 1.71. The first-order valence-electron chi connectivity index (χ1n) is 7.44. The van der Waals surface area contributed by atoms with Crippen LogP contribution < -0.4 is 10.3 Å². The standard InChI is InChI=1S/C16H18ClN5O/c1-12-9-15(20-16(19-12)22-5-7-23-8-6-22)21-18-11-13-3-2-4-14(17)10-13/h2-4,9-11H,5-8H2,1H3,(H,19,20,21). The first-order chi connectivity index (χ1) is 11.2. The summed E-state index contributed by atoms with van der Waals surface area (Å²) < 4.78 is 5.36. The Morgan fingerprint density at radius 3 is 2.87 bits per heavy atom. The van der Waals surface area contributed by atoms with Gasteiger partial charge in [0.1, 0.15) is 0 Å². The van der Waals surface area contributed by atoms with Crippen molar-refractivity contribution in [1.82, 2.24) is 9.97 Å². The van der Waals surface area contributed by atoms with Crippen molar-refractivity contribution in [3.05, 3.63) is 46.6 Å². The highest BCUT2D eigenvalue weighted by Gasteiger charge is 2.14. The maximum absolute atomic E-state index is 5.95. The average molecular weight is 332 g/mol. The van der Waals surface area contributed by atoms with Crippen LogP contribution in [0.15, 0.2) is 35.4 Å². The van der Waals surface area contributed by atoms with Gasteiger partial charge in [0.2, 0.25) is 5.95 Å². The van der Waals surface area contributed by atoms with E-state index in [4.69, 9.17) is 16.3 Å². The number of hydrogen-bond donors (Lipinski definition) is 1. The van der Waals surface area contributed by atoms with E-state index in [1.165, 1.54) is 0 Å². The Hall–Kier alpha value is -2.18. The lowest BCUT2D eigenvalue weighted by molar-refractivity contribution is 0.122. The van der Waals surface area contributed by atoms with Crippen LogP contribution in [-0.4, -0.2) is 42.5 Å². The molecule has 0 unspecified atom stereocenters. The van der Waals surface area contributed by atoms with Crippen molar-refractivity contribution in [3.8, 4) is 0 Å².